The van der Waals surface area contributed by atoms with Crippen molar-refractivity contribution in [3.8, 4) is 5.69 Å². The van der Waals surface area contributed by atoms with E-state index >= 15 is 0 Å². The number of hydrogen-bond donors (Lipinski definition) is 1. The van der Waals surface area contributed by atoms with Crippen LogP contribution in [0.2, 0.25) is 0 Å². The zero-order chi connectivity index (χ0) is 19.7. The Hall–Kier alpha value is -3.06. The standard InChI is InChI=1S/C21H18BrN5O/c1-13-7-8-18(14(2)9-13)27-21-16(11-25-27)20(23-12-24-21)26-19(28)10-15-5-3-4-6-17(15)22/h3-9,11-12H,10H2,1-2H3,(H,23,24,26,28). The molecule has 7 heteroatoms. The van der Waals surface area contributed by atoms with E-state index in [0.29, 0.717) is 16.9 Å². The summed E-state index contributed by atoms with van der Waals surface area (Å²) >= 11 is 3.47. The molecule has 1 amide bonds. The molecule has 2 aromatic carbocycles. The van der Waals surface area contributed by atoms with E-state index in [4.69, 9.17) is 0 Å². The molecule has 0 saturated heterocycles. The SMILES string of the molecule is Cc1ccc(-n2ncc3c(NC(=O)Cc4ccccc4Br)ncnc32)c(C)c1. The van der Waals surface area contributed by atoms with Crippen LogP contribution in [0.15, 0.2) is 59.5 Å². The number of nitrogens with one attached hydrogen (secondary N) is 1. The fraction of sp³-hybridized carbons (Fsp3) is 0.143. The third-order valence-corrected chi connectivity index (χ3v) is 5.29. The minimum Gasteiger partial charge on any atom is -0.310 e. The van der Waals surface area contributed by atoms with Gasteiger partial charge >= 0.3 is 0 Å². The molecule has 0 aliphatic carbocycles. The average molecular weight is 436 g/mol. The largest absolute Gasteiger partial charge is 0.310 e. The molecule has 4 rings (SSSR count). The normalized spacial score (nSPS) is 11.0. The minimum atomic E-state index is -0.147. The highest BCUT2D eigenvalue weighted by molar-refractivity contribution is 9.10. The van der Waals surface area contributed by atoms with Crippen molar-refractivity contribution in [3.05, 3.63) is 76.2 Å². The van der Waals surface area contributed by atoms with Crippen molar-refractivity contribution in [3.63, 3.8) is 0 Å². The summed E-state index contributed by atoms with van der Waals surface area (Å²) in [6.07, 6.45) is 3.37. The highest BCUT2D eigenvalue weighted by Gasteiger charge is 2.15. The Morgan fingerprint density at radius 2 is 1.96 bits per heavy atom. The summed E-state index contributed by atoms with van der Waals surface area (Å²) in [6, 6.07) is 13.8. The lowest BCUT2D eigenvalue weighted by atomic mass is 10.1. The Morgan fingerprint density at radius 3 is 2.75 bits per heavy atom. The van der Waals surface area contributed by atoms with Gasteiger partial charge in [-0.05, 0) is 37.1 Å². The number of aryl methyl sites for hydroxylation is 2. The number of carbonyl (C=O) groups excluding carboxylic acids is 1. The number of benzene rings is 2. The smallest absolute Gasteiger partial charge is 0.230 e. The van der Waals surface area contributed by atoms with Gasteiger partial charge in [0.15, 0.2) is 5.65 Å². The molecule has 6 nitrogen and oxygen atoms in total. The van der Waals surface area contributed by atoms with Crippen molar-refractivity contribution in [2.24, 2.45) is 0 Å². The Bertz CT molecular complexity index is 1180. The van der Waals surface area contributed by atoms with E-state index < -0.39 is 0 Å². The average Bonchev–Trinajstić information content (AvgIpc) is 3.09. The number of nitrogens with zero attached hydrogens (tertiary/aromatic N) is 4. The fourth-order valence-corrected chi connectivity index (χ4v) is 3.58. The number of anilines is 1. The number of amides is 1. The van der Waals surface area contributed by atoms with Crippen LogP contribution < -0.4 is 5.32 Å². The molecular weight excluding hydrogens is 418 g/mol. The number of carbonyl (C=O) groups is 1. The summed E-state index contributed by atoms with van der Waals surface area (Å²) in [5.74, 6) is 0.309. The molecule has 0 bridgehead atoms. The first-order valence-corrected chi connectivity index (χ1v) is 9.62. The van der Waals surface area contributed by atoms with Gasteiger partial charge in [0.05, 0.1) is 23.7 Å². The molecule has 0 atom stereocenters. The molecule has 28 heavy (non-hydrogen) atoms. The topological polar surface area (TPSA) is 72.7 Å². The zero-order valence-electron chi connectivity index (χ0n) is 15.5. The van der Waals surface area contributed by atoms with E-state index in [2.05, 4.69) is 49.3 Å². The van der Waals surface area contributed by atoms with Gasteiger partial charge in [0, 0.05) is 4.47 Å². The third-order valence-electron chi connectivity index (χ3n) is 4.51. The summed E-state index contributed by atoms with van der Waals surface area (Å²) in [6.45, 7) is 4.09. The summed E-state index contributed by atoms with van der Waals surface area (Å²) in [4.78, 5) is 21.2. The van der Waals surface area contributed by atoms with Gasteiger partial charge in [-0.2, -0.15) is 5.10 Å². The van der Waals surface area contributed by atoms with Crippen molar-refractivity contribution in [1.82, 2.24) is 19.7 Å². The predicted molar refractivity (Wildman–Crippen MR) is 113 cm³/mol. The van der Waals surface area contributed by atoms with Gasteiger partial charge in [-0.3, -0.25) is 4.79 Å². The Labute approximate surface area is 170 Å². The van der Waals surface area contributed by atoms with Crippen LogP contribution in [0.5, 0.6) is 0 Å². The fourth-order valence-electron chi connectivity index (χ4n) is 3.15. The molecule has 0 fully saturated rings. The summed E-state index contributed by atoms with van der Waals surface area (Å²) in [7, 11) is 0. The number of fused-ring (bicyclic) bond motifs is 1. The van der Waals surface area contributed by atoms with Gasteiger partial charge < -0.3 is 5.32 Å². The van der Waals surface area contributed by atoms with Crippen molar-refractivity contribution in [1.29, 1.82) is 0 Å². The monoisotopic (exact) mass is 435 g/mol. The molecule has 140 valence electrons. The van der Waals surface area contributed by atoms with Crippen LogP contribution >= 0.6 is 15.9 Å². The van der Waals surface area contributed by atoms with E-state index in [-0.39, 0.29) is 12.3 Å². The number of aromatic nitrogens is 4. The van der Waals surface area contributed by atoms with E-state index in [1.807, 2.05) is 43.3 Å². The lowest BCUT2D eigenvalue weighted by Gasteiger charge is -2.09. The van der Waals surface area contributed by atoms with Crippen molar-refractivity contribution in [2.75, 3.05) is 5.32 Å². The number of hydrogen-bond acceptors (Lipinski definition) is 4. The summed E-state index contributed by atoms with van der Waals surface area (Å²) in [5.41, 5.74) is 4.80. The van der Waals surface area contributed by atoms with Crippen LogP contribution in [0.4, 0.5) is 5.82 Å². The molecule has 0 unspecified atom stereocenters. The molecule has 2 heterocycles. The molecule has 0 spiro atoms. The van der Waals surface area contributed by atoms with Gasteiger partial charge in [0.1, 0.15) is 12.1 Å². The summed E-state index contributed by atoms with van der Waals surface area (Å²) in [5, 5.41) is 8.06. The zero-order valence-corrected chi connectivity index (χ0v) is 17.1. The Morgan fingerprint density at radius 1 is 1.14 bits per heavy atom. The van der Waals surface area contributed by atoms with E-state index in [9.17, 15) is 4.79 Å². The Kier molecular flexibility index (Phi) is 4.92. The van der Waals surface area contributed by atoms with Gasteiger partial charge in [-0.1, -0.05) is 51.8 Å². The predicted octanol–water partition coefficient (Wildman–Crippen LogP) is 4.38. The highest BCUT2D eigenvalue weighted by atomic mass is 79.9. The van der Waals surface area contributed by atoms with E-state index in [0.717, 1.165) is 21.3 Å². The number of halogens is 1. The van der Waals surface area contributed by atoms with Crippen molar-refractivity contribution >= 4 is 38.7 Å². The first-order valence-electron chi connectivity index (χ1n) is 8.82. The van der Waals surface area contributed by atoms with Gasteiger partial charge in [-0.15, -0.1) is 0 Å². The maximum atomic E-state index is 12.5. The first-order chi connectivity index (χ1) is 13.5. The molecular formula is C21H18BrN5O. The van der Waals surface area contributed by atoms with Crippen LogP contribution in [0, 0.1) is 13.8 Å². The third kappa shape index (κ3) is 3.53. The van der Waals surface area contributed by atoms with Crippen LogP contribution in [-0.4, -0.2) is 25.7 Å². The Balaban J connectivity index is 1.65. The quantitative estimate of drug-likeness (QED) is 0.516. The second kappa shape index (κ2) is 7.52. The van der Waals surface area contributed by atoms with E-state index in [1.165, 1.54) is 11.9 Å². The van der Waals surface area contributed by atoms with E-state index in [1.54, 1.807) is 10.9 Å². The molecule has 2 aromatic heterocycles. The second-order valence-corrected chi connectivity index (χ2v) is 7.48. The van der Waals surface area contributed by atoms with Crippen LogP contribution in [0.1, 0.15) is 16.7 Å². The molecule has 0 aliphatic heterocycles. The maximum Gasteiger partial charge on any atom is 0.230 e. The molecule has 4 aromatic rings. The van der Waals surface area contributed by atoms with Gasteiger partial charge in [-0.25, -0.2) is 14.6 Å². The summed E-state index contributed by atoms with van der Waals surface area (Å²) < 4.78 is 2.68. The van der Waals surface area contributed by atoms with Crippen LogP contribution in [0.25, 0.3) is 16.7 Å². The van der Waals surface area contributed by atoms with Crippen LogP contribution in [-0.2, 0) is 11.2 Å². The maximum absolute atomic E-state index is 12.5. The molecule has 0 aliphatic rings. The van der Waals surface area contributed by atoms with Crippen molar-refractivity contribution in [2.45, 2.75) is 20.3 Å². The molecule has 0 saturated carbocycles. The van der Waals surface area contributed by atoms with Crippen molar-refractivity contribution < 1.29 is 4.79 Å². The molecule has 0 radical (unpaired) electrons. The van der Waals surface area contributed by atoms with Gasteiger partial charge in [0.25, 0.3) is 0 Å². The highest BCUT2D eigenvalue weighted by Crippen LogP contribution is 2.24. The lowest BCUT2D eigenvalue weighted by molar-refractivity contribution is -0.115. The number of rotatable bonds is 4. The van der Waals surface area contributed by atoms with Gasteiger partial charge in [0.2, 0.25) is 5.91 Å². The van der Waals surface area contributed by atoms with Crippen LogP contribution in [0.3, 0.4) is 0 Å². The second-order valence-electron chi connectivity index (χ2n) is 6.62. The minimum absolute atomic E-state index is 0.147. The lowest BCUT2D eigenvalue weighted by Crippen LogP contribution is -2.16. The first kappa shape index (κ1) is 18.3. The molecule has 1 N–H and O–H groups in total.